The zero-order chi connectivity index (χ0) is 16.1. The number of carbonyl (C=O) groups is 1. The number of hydrogen-bond donors (Lipinski definition) is 1. The normalized spacial score (nSPS) is 27.7. The second-order valence-electron chi connectivity index (χ2n) is 7.70. The highest BCUT2D eigenvalue weighted by Gasteiger charge is 2.27. The van der Waals surface area contributed by atoms with Crippen LogP contribution in [0.25, 0.3) is 0 Å². The molecule has 3 saturated heterocycles. The number of hydrogen-bond acceptors (Lipinski definition) is 4. The van der Waals surface area contributed by atoms with Gasteiger partial charge in [-0.1, -0.05) is 0 Å². The Bertz CT molecular complexity index is 381. The molecule has 3 rings (SSSR count). The number of nitrogens with one attached hydrogen (secondary N) is 1. The summed E-state index contributed by atoms with van der Waals surface area (Å²) in [7, 11) is 0. The number of nitrogens with zero attached hydrogens (tertiary/aromatic N) is 3. The Balaban J connectivity index is 0.00000208. The fraction of sp³-hybridized carbons (Fsp3) is 0.944. The first-order chi connectivity index (χ1) is 11.2. The van der Waals surface area contributed by atoms with Crippen LogP contribution in [0.1, 0.15) is 39.0 Å². The molecule has 0 bridgehead atoms. The van der Waals surface area contributed by atoms with Crippen LogP contribution in [0.15, 0.2) is 0 Å². The smallest absolute Gasteiger partial charge is 0.236 e. The summed E-state index contributed by atoms with van der Waals surface area (Å²) < 4.78 is 0. The minimum Gasteiger partial charge on any atom is -0.339 e. The van der Waals surface area contributed by atoms with E-state index in [2.05, 4.69) is 26.9 Å². The van der Waals surface area contributed by atoms with Gasteiger partial charge >= 0.3 is 0 Å². The number of likely N-dealkylation sites (tertiary alicyclic amines) is 1. The van der Waals surface area contributed by atoms with Gasteiger partial charge in [0.2, 0.25) is 5.91 Å². The molecule has 0 spiro atoms. The van der Waals surface area contributed by atoms with Gasteiger partial charge in [0.1, 0.15) is 0 Å². The lowest BCUT2D eigenvalue weighted by Gasteiger charge is -2.39. The van der Waals surface area contributed by atoms with Crippen LogP contribution in [-0.2, 0) is 4.79 Å². The molecule has 1 amide bonds. The lowest BCUT2D eigenvalue weighted by Crippen LogP contribution is -2.52. The van der Waals surface area contributed by atoms with Crippen LogP contribution in [0.4, 0.5) is 0 Å². The van der Waals surface area contributed by atoms with Gasteiger partial charge in [0.15, 0.2) is 0 Å². The Morgan fingerprint density at radius 2 is 1.62 bits per heavy atom. The molecule has 3 aliphatic rings. The molecular formula is C18H35ClN4O. The topological polar surface area (TPSA) is 38.8 Å². The summed E-state index contributed by atoms with van der Waals surface area (Å²) in [5, 5.41) is 3.45. The maximum atomic E-state index is 12.5. The quantitative estimate of drug-likeness (QED) is 0.825. The van der Waals surface area contributed by atoms with Crippen molar-refractivity contribution in [2.24, 2.45) is 5.92 Å². The van der Waals surface area contributed by atoms with Crippen molar-refractivity contribution >= 4 is 18.3 Å². The van der Waals surface area contributed by atoms with Crippen molar-refractivity contribution in [1.29, 1.82) is 0 Å². The third kappa shape index (κ3) is 5.58. The Morgan fingerprint density at radius 3 is 2.29 bits per heavy atom. The van der Waals surface area contributed by atoms with E-state index in [1.54, 1.807) is 0 Å². The molecule has 140 valence electrons. The van der Waals surface area contributed by atoms with Crippen LogP contribution in [-0.4, -0.2) is 85.6 Å². The molecule has 1 atom stereocenters. The summed E-state index contributed by atoms with van der Waals surface area (Å²) in [6.45, 7) is 11.8. The maximum absolute atomic E-state index is 12.5. The third-order valence-corrected chi connectivity index (χ3v) is 5.92. The second kappa shape index (κ2) is 9.95. The van der Waals surface area contributed by atoms with Gasteiger partial charge in [-0.2, -0.15) is 0 Å². The van der Waals surface area contributed by atoms with E-state index in [1.165, 1.54) is 51.7 Å². The van der Waals surface area contributed by atoms with Crippen molar-refractivity contribution in [3.8, 4) is 0 Å². The van der Waals surface area contributed by atoms with Crippen LogP contribution in [0.2, 0.25) is 0 Å². The van der Waals surface area contributed by atoms with Gasteiger partial charge in [-0.3, -0.25) is 9.69 Å². The molecule has 5 nitrogen and oxygen atoms in total. The van der Waals surface area contributed by atoms with Gasteiger partial charge in [0.25, 0.3) is 0 Å². The zero-order valence-electron chi connectivity index (χ0n) is 15.2. The first-order valence-corrected chi connectivity index (χ1v) is 9.67. The summed E-state index contributed by atoms with van der Waals surface area (Å²) >= 11 is 0. The number of halogens is 1. The molecule has 3 aliphatic heterocycles. The Kier molecular flexibility index (Phi) is 8.28. The fourth-order valence-electron chi connectivity index (χ4n) is 4.31. The predicted octanol–water partition coefficient (Wildman–Crippen LogP) is 1.43. The molecule has 0 aromatic carbocycles. The lowest BCUT2D eigenvalue weighted by atomic mass is 9.97. The minimum atomic E-state index is 0. The van der Waals surface area contributed by atoms with Gasteiger partial charge in [0.05, 0.1) is 6.54 Å². The van der Waals surface area contributed by atoms with E-state index < -0.39 is 0 Å². The molecule has 0 aromatic heterocycles. The highest BCUT2D eigenvalue weighted by Crippen LogP contribution is 2.18. The second-order valence-corrected chi connectivity index (χ2v) is 7.70. The summed E-state index contributed by atoms with van der Waals surface area (Å²) in [5.41, 5.74) is 0. The summed E-state index contributed by atoms with van der Waals surface area (Å²) in [6, 6.07) is 0.442. The summed E-state index contributed by atoms with van der Waals surface area (Å²) in [5.74, 6) is 1.22. The van der Waals surface area contributed by atoms with Crippen molar-refractivity contribution in [3.05, 3.63) is 0 Å². The van der Waals surface area contributed by atoms with E-state index in [9.17, 15) is 4.79 Å². The molecule has 1 unspecified atom stereocenters. The minimum absolute atomic E-state index is 0. The van der Waals surface area contributed by atoms with Crippen molar-refractivity contribution in [1.82, 2.24) is 20.0 Å². The van der Waals surface area contributed by atoms with E-state index in [0.29, 0.717) is 18.5 Å². The Labute approximate surface area is 153 Å². The number of carbonyl (C=O) groups excluding carboxylic acids is 1. The molecule has 0 saturated carbocycles. The molecule has 1 N–H and O–H groups in total. The number of piperazine rings is 1. The molecule has 0 radical (unpaired) electrons. The van der Waals surface area contributed by atoms with Crippen molar-refractivity contribution in [2.45, 2.75) is 45.1 Å². The average Bonchev–Trinajstić information content (AvgIpc) is 2.58. The van der Waals surface area contributed by atoms with Crippen LogP contribution >= 0.6 is 12.4 Å². The highest BCUT2D eigenvalue weighted by atomic mass is 35.5. The van der Waals surface area contributed by atoms with Gasteiger partial charge in [-0.15, -0.1) is 12.4 Å². The van der Waals surface area contributed by atoms with E-state index in [4.69, 9.17) is 0 Å². The number of piperidine rings is 2. The SMILES string of the molecule is CC1CCCCN1C(=O)CN1CCN(CC2CCNCC2)CC1.Cl. The van der Waals surface area contributed by atoms with Crippen molar-refractivity contribution in [3.63, 3.8) is 0 Å². The van der Waals surface area contributed by atoms with Crippen molar-refractivity contribution < 1.29 is 4.79 Å². The maximum Gasteiger partial charge on any atom is 0.236 e. The first-order valence-electron chi connectivity index (χ1n) is 9.67. The van der Waals surface area contributed by atoms with Crippen LogP contribution in [0.5, 0.6) is 0 Å². The fourth-order valence-corrected chi connectivity index (χ4v) is 4.31. The standard InChI is InChI=1S/C18H34N4O.ClH/c1-16-4-2-3-9-22(16)18(23)15-21-12-10-20(11-13-21)14-17-5-7-19-8-6-17;/h16-17,19H,2-15H2,1H3;1H. The third-order valence-electron chi connectivity index (χ3n) is 5.92. The van der Waals surface area contributed by atoms with Gasteiger partial charge in [0, 0.05) is 45.3 Å². The average molecular weight is 359 g/mol. The van der Waals surface area contributed by atoms with E-state index in [1.807, 2.05) is 0 Å². The molecule has 0 aliphatic carbocycles. The lowest BCUT2D eigenvalue weighted by molar-refractivity contribution is -0.136. The predicted molar refractivity (Wildman–Crippen MR) is 101 cm³/mol. The van der Waals surface area contributed by atoms with E-state index in [0.717, 1.165) is 38.6 Å². The van der Waals surface area contributed by atoms with Crippen molar-refractivity contribution in [2.75, 3.05) is 58.9 Å². The monoisotopic (exact) mass is 358 g/mol. The number of rotatable bonds is 4. The zero-order valence-corrected chi connectivity index (χ0v) is 16.0. The molecule has 3 heterocycles. The molecule has 3 fully saturated rings. The number of amides is 1. The largest absolute Gasteiger partial charge is 0.339 e. The highest BCUT2D eigenvalue weighted by molar-refractivity contribution is 5.85. The molecule has 0 aromatic rings. The molecule has 24 heavy (non-hydrogen) atoms. The van der Waals surface area contributed by atoms with Crippen LogP contribution in [0, 0.1) is 5.92 Å². The molecular weight excluding hydrogens is 324 g/mol. The Hall–Kier alpha value is -0.360. The summed E-state index contributed by atoms with van der Waals surface area (Å²) in [4.78, 5) is 19.6. The van der Waals surface area contributed by atoms with Gasteiger partial charge < -0.3 is 15.1 Å². The first kappa shape index (κ1) is 20.0. The molecule has 6 heteroatoms. The van der Waals surface area contributed by atoms with Crippen LogP contribution in [0.3, 0.4) is 0 Å². The van der Waals surface area contributed by atoms with Gasteiger partial charge in [-0.05, 0) is 58.0 Å². The van der Waals surface area contributed by atoms with Gasteiger partial charge in [-0.25, -0.2) is 0 Å². The van der Waals surface area contributed by atoms with E-state index >= 15 is 0 Å². The van der Waals surface area contributed by atoms with Crippen LogP contribution < -0.4 is 5.32 Å². The van der Waals surface area contributed by atoms with E-state index in [-0.39, 0.29) is 12.4 Å². The summed E-state index contributed by atoms with van der Waals surface area (Å²) in [6.07, 6.45) is 6.28. The Morgan fingerprint density at radius 1 is 0.958 bits per heavy atom.